The molecule has 1 saturated heterocycles. The van der Waals surface area contributed by atoms with Gasteiger partial charge in [-0.1, -0.05) is 0 Å². The maximum absolute atomic E-state index is 11.3. The average molecular weight is 273 g/mol. The number of hydrogen-bond donors (Lipinski definition) is 2. The van der Waals surface area contributed by atoms with Gasteiger partial charge in [0.05, 0.1) is 6.61 Å². The number of hydrogen-bond acceptors (Lipinski definition) is 4. The van der Waals surface area contributed by atoms with Crippen LogP contribution in [-0.2, 0) is 9.53 Å². The zero-order valence-electron chi connectivity index (χ0n) is 10.5. The van der Waals surface area contributed by atoms with Gasteiger partial charge in [-0.3, -0.25) is 10.1 Å². The van der Waals surface area contributed by atoms with Gasteiger partial charge in [-0.25, -0.2) is 4.79 Å². The minimum atomic E-state index is -0.551. The zero-order valence-corrected chi connectivity index (χ0v) is 11.3. The van der Waals surface area contributed by atoms with Crippen LogP contribution < -0.4 is 10.6 Å². The number of nitrogens with zero attached hydrogens (tertiary/aromatic N) is 1. The third kappa shape index (κ3) is 5.31. The summed E-state index contributed by atoms with van der Waals surface area (Å²) in [5, 5.41) is 5.54. The SMILES string of the molecule is CCOC(=O)NC(=S)NCCCN1CCCC1=O. The number of nitrogens with one attached hydrogen (secondary N) is 2. The molecule has 2 amide bonds. The zero-order chi connectivity index (χ0) is 13.4. The molecule has 102 valence electrons. The van der Waals surface area contributed by atoms with Gasteiger partial charge in [0.15, 0.2) is 5.11 Å². The van der Waals surface area contributed by atoms with E-state index in [0.29, 0.717) is 19.6 Å². The molecule has 7 heteroatoms. The van der Waals surface area contributed by atoms with Crippen molar-refractivity contribution in [2.75, 3.05) is 26.2 Å². The second-order valence-electron chi connectivity index (χ2n) is 3.94. The Morgan fingerprint density at radius 1 is 1.56 bits per heavy atom. The number of carbonyl (C=O) groups is 2. The fraction of sp³-hybridized carbons (Fsp3) is 0.727. The number of ether oxygens (including phenoxy) is 1. The molecular weight excluding hydrogens is 254 g/mol. The monoisotopic (exact) mass is 273 g/mol. The Morgan fingerprint density at radius 3 is 2.94 bits per heavy atom. The number of alkyl carbamates (subject to hydrolysis) is 1. The third-order valence-electron chi connectivity index (χ3n) is 2.55. The Hall–Kier alpha value is -1.37. The van der Waals surface area contributed by atoms with Crippen LogP contribution in [0.5, 0.6) is 0 Å². The lowest BCUT2D eigenvalue weighted by atomic mass is 10.4. The smallest absolute Gasteiger partial charge is 0.413 e. The Balaban J connectivity index is 2.05. The van der Waals surface area contributed by atoms with Gasteiger partial charge in [0, 0.05) is 26.1 Å². The molecule has 0 radical (unpaired) electrons. The van der Waals surface area contributed by atoms with Crippen LogP contribution in [0.15, 0.2) is 0 Å². The van der Waals surface area contributed by atoms with Crippen LogP contribution in [0.4, 0.5) is 4.79 Å². The van der Waals surface area contributed by atoms with Gasteiger partial charge in [-0.15, -0.1) is 0 Å². The molecule has 1 heterocycles. The summed E-state index contributed by atoms with van der Waals surface area (Å²) >= 11 is 4.91. The van der Waals surface area contributed by atoms with Crippen molar-refractivity contribution in [1.82, 2.24) is 15.5 Å². The number of carbonyl (C=O) groups excluding carboxylic acids is 2. The summed E-state index contributed by atoms with van der Waals surface area (Å²) in [4.78, 5) is 24.2. The minimum absolute atomic E-state index is 0.224. The lowest BCUT2D eigenvalue weighted by Gasteiger charge is -2.15. The first-order valence-corrected chi connectivity index (χ1v) is 6.53. The van der Waals surface area contributed by atoms with Gasteiger partial charge in [0.2, 0.25) is 5.91 Å². The van der Waals surface area contributed by atoms with E-state index in [1.165, 1.54) is 0 Å². The Kier molecular flexibility index (Phi) is 6.42. The van der Waals surface area contributed by atoms with E-state index in [4.69, 9.17) is 12.2 Å². The standard InChI is InChI=1S/C11H19N3O3S/c1-2-17-11(16)13-10(18)12-6-4-8-14-7-3-5-9(14)15/h2-8H2,1H3,(H2,12,13,16,18). The summed E-state index contributed by atoms with van der Waals surface area (Å²) in [6.45, 7) is 4.24. The van der Waals surface area contributed by atoms with Crippen LogP contribution in [0, 0.1) is 0 Å². The molecule has 0 atom stereocenters. The molecule has 0 aromatic rings. The van der Waals surface area contributed by atoms with Gasteiger partial charge in [0.1, 0.15) is 0 Å². The summed E-state index contributed by atoms with van der Waals surface area (Å²) in [5.74, 6) is 0.224. The maximum atomic E-state index is 11.3. The topological polar surface area (TPSA) is 70.7 Å². The molecule has 0 aliphatic carbocycles. The van der Waals surface area contributed by atoms with E-state index in [-0.39, 0.29) is 11.0 Å². The van der Waals surface area contributed by atoms with Gasteiger partial charge in [-0.05, 0) is 32.0 Å². The number of rotatable bonds is 5. The fourth-order valence-electron chi connectivity index (χ4n) is 1.72. The molecule has 1 fully saturated rings. The largest absolute Gasteiger partial charge is 0.450 e. The van der Waals surface area contributed by atoms with Crippen molar-refractivity contribution in [3.8, 4) is 0 Å². The highest BCUT2D eigenvalue weighted by Gasteiger charge is 2.18. The van der Waals surface area contributed by atoms with Crippen molar-refractivity contribution in [3.63, 3.8) is 0 Å². The highest BCUT2D eigenvalue weighted by Crippen LogP contribution is 2.09. The molecule has 2 N–H and O–H groups in total. The molecule has 0 bridgehead atoms. The van der Waals surface area contributed by atoms with Gasteiger partial charge in [-0.2, -0.15) is 0 Å². The van der Waals surface area contributed by atoms with Gasteiger partial charge in [0.25, 0.3) is 0 Å². The van der Waals surface area contributed by atoms with E-state index >= 15 is 0 Å². The Morgan fingerprint density at radius 2 is 2.33 bits per heavy atom. The first-order valence-electron chi connectivity index (χ1n) is 6.13. The lowest BCUT2D eigenvalue weighted by Crippen LogP contribution is -2.40. The molecule has 0 spiro atoms. The summed E-state index contributed by atoms with van der Waals surface area (Å²) in [5.41, 5.74) is 0. The van der Waals surface area contributed by atoms with Crippen LogP contribution in [-0.4, -0.2) is 48.3 Å². The first-order chi connectivity index (χ1) is 8.63. The van der Waals surface area contributed by atoms with Crippen molar-refractivity contribution in [2.45, 2.75) is 26.2 Å². The second kappa shape index (κ2) is 7.86. The summed E-state index contributed by atoms with van der Waals surface area (Å²) in [6.07, 6.45) is 1.87. The normalized spacial score (nSPS) is 14.5. The van der Waals surface area contributed by atoms with Gasteiger partial charge < -0.3 is 15.0 Å². The summed E-state index contributed by atoms with van der Waals surface area (Å²) in [6, 6.07) is 0. The number of amides is 2. The fourth-order valence-corrected chi connectivity index (χ4v) is 1.90. The van der Waals surface area contributed by atoms with Crippen LogP contribution in [0.25, 0.3) is 0 Å². The highest BCUT2D eigenvalue weighted by atomic mass is 32.1. The van der Waals surface area contributed by atoms with Crippen molar-refractivity contribution >= 4 is 29.3 Å². The Labute approximate surface area is 112 Å². The lowest BCUT2D eigenvalue weighted by molar-refractivity contribution is -0.127. The van der Waals surface area contributed by atoms with Crippen molar-refractivity contribution in [2.24, 2.45) is 0 Å². The van der Waals surface area contributed by atoms with Crippen molar-refractivity contribution in [3.05, 3.63) is 0 Å². The van der Waals surface area contributed by atoms with E-state index in [1.807, 2.05) is 4.90 Å². The van der Waals surface area contributed by atoms with Crippen LogP contribution in [0.1, 0.15) is 26.2 Å². The molecular formula is C11H19N3O3S. The molecule has 1 rings (SSSR count). The first kappa shape index (κ1) is 14.7. The van der Waals surface area contributed by atoms with E-state index in [0.717, 1.165) is 25.9 Å². The van der Waals surface area contributed by atoms with Gasteiger partial charge >= 0.3 is 6.09 Å². The third-order valence-corrected chi connectivity index (χ3v) is 2.80. The van der Waals surface area contributed by atoms with Crippen LogP contribution >= 0.6 is 12.2 Å². The van der Waals surface area contributed by atoms with E-state index in [1.54, 1.807) is 6.92 Å². The quantitative estimate of drug-likeness (QED) is 0.567. The molecule has 0 aromatic heterocycles. The molecule has 1 aliphatic heterocycles. The summed E-state index contributed by atoms with van der Waals surface area (Å²) in [7, 11) is 0. The van der Waals surface area contributed by atoms with Crippen LogP contribution in [0.3, 0.4) is 0 Å². The van der Waals surface area contributed by atoms with Crippen molar-refractivity contribution < 1.29 is 14.3 Å². The molecule has 0 aromatic carbocycles. The van der Waals surface area contributed by atoms with E-state index < -0.39 is 6.09 Å². The average Bonchev–Trinajstić information content (AvgIpc) is 2.71. The molecule has 6 nitrogen and oxygen atoms in total. The Bertz CT molecular complexity index is 323. The van der Waals surface area contributed by atoms with Crippen LogP contribution in [0.2, 0.25) is 0 Å². The summed E-state index contributed by atoms with van der Waals surface area (Å²) < 4.78 is 4.68. The molecule has 18 heavy (non-hydrogen) atoms. The molecule has 0 unspecified atom stereocenters. The highest BCUT2D eigenvalue weighted by molar-refractivity contribution is 7.80. The van der Waals surface area contributed by atoms with E-state index in [2.05, 4.69) is 15.4 Å². The van der Waals surface area contributed by atoms with Crippen molar-refractivity contribution in [1.29, 1.82) is 0 Å². The minimum Gasteiger partial charge on any atom is -0.450 e. The molecule has 0 saturated carbocycles. The second-order valence-corrected chi connectivity index (χ2v) is 4.35. The predicted octanol–water partition coefficient (Wildman–Crippen LogP) is 0.619. The predicted molar refractivity (Wildman–Crippen MR) is 71.2 cm³/mol. The number of thiocarbonyl (C=S) groups is 1. The number of likely N-dealkylation sites (tertiary alicyclic amines) is 1. The maximum Gasteiger partial charge on any atom is 0.413 e. The molecule has 1 aliphatic rings. The van der Waals surface area contributed by atoms with E-state index in [9.17, 15) is 9.59 Å².